The van der Waals surface area contributed by atoms with E-state index < -0.39 is 25.7 Å². The van der Waals surface area contributed by atoms with Gasteiger partial charge in [-0.2, -0.15) is 21.4 Å². The highest BCUT2D eigenvalue weighted by Crippen LogP contribution is 2.51. The zero-order valence-corrected chi connectivity index (χ0v) is 31.4. The molecule has 11 heteroatoms. The molecule has 0 fully saturated rings. The molecule has 0 aromatic heterocycles. The van der Waals surface area contributed by atoms with Gasteiger partial charge in [0, 0.05) is 53.9 Å². The average Bonchev–Trinajstić information content (AvgIpc) is 3.39. The summed E-state index contributed by atoms with van der Waals surface area (Å²) in [5, 5.41) is 0. The summed E-state index contributed by atoms with van der Waals surface area (Å²) in [7, 11) is -8.43. The van der Waals surface area contributed by atoms with Crippen LogP contribution in [0.1, 0.15) is 90.7 Å². The molecule has 0 aliphatic carbocycles. The smallest absolute Gasteiger partial charge is 0.294 e. The molecule has 4 rings (SSSR count). The topological polar surface area (TPSA) is 132 Å². The van der Waals surface area contributed by atoms with Gasteiger partial charge in [-0.15, -0.1) is 0 Å². The van der Waals surface area contributed by atoms with Gasteiger partial charge in [-0.1, -0.05) is 68.3 Å². The third kappa shape index (κ3) is 9.17. The van der Waals surface area contributed by atoms with Crippen LogP contribution in [0.3, 0.4) is 0 Å². The van der Waals surface area contributed by atoms with Crippen LogP contribution in [0.15, 0.2) is 95.6 Å². The molecular weight excluding hydrogens is 673 g/mol. The van der Waals surface area contributed by atoms with Crippen LogP contribution in [0, 0.1) is 0 Å². The van der Waals surface area contributed by atoms with Crippen molar-refractivity contribution >= 4 is 43.1 Å². The van der Waals surface area contributed by atoms with E-state index in [9.17, 15) is 30.7 Å². The molecule has 2 N–H and O–H groups in total. The van der Waals surface area contributed by atoms with Gasteiger partial charge in [0.1, 0.15) is 12.3 Å². The molecule has 2 aliphatic rings. The quantitative estimate of drug-likeness (QED) is 0.0730. The van der Waals surface area contributed by atoms with E-state index >= 15 is 0 Å². The van der Waals surface area contributed by atoms with E-state index in [0.29, 0.717) is 19.4 Å². The number of carbonyl (C=O) groups is 1. The number of hydrogen-bond acceptors (Lipinski definition) is 6. The van der Waals surface area contributed by atoms with E-state index in [0.717, 1.165) is 72.6 Å². The zero-order valence-electron chi connectivity index (χ0n) is 29.8. The summed E-state index contributed by atoms with van der Waals surface area (Å²) < 4.78 is 68.2. The fourth-order valence-corrected chi connectivity index (χ4v) is 8.22. The Morgan fingerprint density at radius 3 is 2.26 bits per heavy atom. The lowest BCUT2D eigenvalue weighted by Crippen LogP contribution is -2.29. The fraction of sp³-hybridized carbons (Fsp3) is 0.436. The Labute approximate surface area is 298 Å². The van der Waals surface area contributed by atoms with E-state index in [-0.39, 0.29) is 21.8 Å². The van der Waals surface area contributed by atoms with Crippen molar-refractivity contribution in [2.45, 2.75) is 95.3 Å². The van der Waals surface area contributed by atoms with Crippen LogP contribution in [0.4, 0.5) is 11.4 Å². The van der Waals surface area contributed by atoms with Crippen LogP contribution < -0.4 is 4.90 Å². The van der Waals surface area contributed by atoms with Crippen LogP contribution in [0.2, 0.25) is 0 Å². The van der Waals surface area contributed by atoms with Gasteiger partial charge in [-0.3, -0.25) is 9.11 Å². The van der Waals surface area contributed by atoms with Gasteiger partial charge in [-0.05, 0) is 76.8 Å². The molecule has 2 heterocycles. The molecule has 0 saturated heterocycles. The number of anilines is 1. The normalized spacial score (nSPS) is 19.8. The first-order valence-electron chi connectivity index (χ1n) is 17.3. The van der Waals surface area contributed by atoms with E-state index in [4.69, 9.17) is 0 Å². The highest BCUT2D eigenvalue weighted by molar-refractivity contribution is 7.86. The Hall–Kier alpha value is -3.64. The minimum absolute atomic E-state index is 0.120. The summed E-state index contributed by atoms with van der Waals surface area (Å²) in [6, 6.07) is 12.9. The first kappa shape index (κ1) is 39.2. The summed E-state index contributed by atoms with van der Waals surface area (Å²) >= 11 is 0. The number of carbonyl (C=O) groups excluding carboxylic acids is 1. The number of ketones is 1. The largest absolute Gasteiger partial charge is 0.344 e. The molecule has 2 aromatic rings. The summed E-state index contributed by atoms with van der Waals surface area (Å²) in [6.07, 6.45) is 18.9. The first-order valence-corrected chi connectivity index (χ1v) is 20.4. The van der Waals surface area contributed by atoms with Crippen molar-refractivity contribution < 1.29 is 35.3 Å². The molecule has 1 unspecified atom stereocenters. The Bertz CT molecular complexity index is 1950. The van der Waals surface area contributed by atoms with Crippen molar-refractivity contribution in [1.29, 1.82) is 0 Å². The van der Waals surface area contributed by atoms with Gasteiger partial charge in [0.15, 0.2) is 5.71 Å². The van der Waals surface area contributed by atoms with Gasteiger partial charge in [-0.25, -0.2) is 0 Å². The van der Waals surface area contributed by atoms with Crippen molar-refractivity contribution in [2.75, 3.05) is 23.7 Å². The number of benzene rings is 2. The highest BCUT2D eigenvalue weighted by atomic mass is 32.2. The van der Waals surface area contributed by atoms with Crippen molar-refractivity contribution in [3.8, 4) is 0 Å². The molecule has 0 spiro atoms. The van der Waals surface area contributed by atoms with Crippen molar-refractivity contribution in [2.24, 2.45) is 0 Å². The summed E-state index contributed by atoms with van der Waals surface area (Å²) in [4.78, 5) is 13.6. The van der Waals surface area contributed by atoms with Gasteiger partial charge in [0.25, 0.3) is 20.2 Å². The molecule has 270 valence electrons. The monoisotopic (exact) mass is 723 g/mol. The minimum Gasteiger partial charge on any atom is -0.344 e. The maximum absolute atomic E-state index is 12.1. The molecule has 9 nitrogen and oxygen atoms in total. The molecule has 2 aromatic carbocycles. The molecular formula is C39H51N2O7S2+. The molecule has 2 aliphatic heterocycles. The Balaban J connectivity index is 1.60. The van der Waals surface area contributed by atoms with Gasteiger partial charge in [0.2, 0.25) is 5.69 Å². The second-order valence-electron chi connectivity index (χ2n) is 13.9. The predicted octanol–water partition coefficient (Wildman–Crippen LogP) is 7.87. The number of hydrogen-bond donors (Lipinski definition) is 2. The number of nitrogens with zero attached hydrogens (tertiary/aromatic N) is 2. The Kier molecular flexibility index (Phi) is 12.6. The van der Waals surface area contributed by atoms with E-state index in [1.807, 2.05) is 54.7 Å². The van der Waals surface area contributed by atoms with Crippen LogP contribution in [-0.4, -0.2) is 60.9 Å². The highest BCUT2D eigenvalue weighted by Gasteiger charge is 2.44. The van der Waals surface area contributed by atoms with Crippen LogP contribution in [0.5, 0.6) is 0 Å². The Morgan fingerprint density at radius 1 is 0.880 bits per heavy atom. The molecule has 0 amide bonds. The predicted molar refractivity (Wildman–Crippen MR) is 201 cm³/mol. The van der Waals surface area contributed by atoms with Crippen molar-refractivity contribution in [3.63, 3.8) is 0 Å². The lowest BCUT2D eigenvalue weighted by molar-refractivity contribution is -0.437. The average molecular weight is 724 g/mol. The van der Waals surface area contributed by atoms with Crippen LogP contribution in [0.25, 0.3) is 0 Å². The number of unbranched alkanes of at least 4 members (excludes halogenated alkanes) is 2. The van der Waals surface area contributed by atoms with Crippen LogP contribution >= 0.6 is 0 Å². The molecule has 50 heavy (non-hydrogen) atoms. The second kappa shape index (κ2) is 16.1. The molecule has 1 atom stereocenters. The molecule has 0 bridgehead atoms. The minimum atomic E-state index is -4.38. The van der Waals surface area contributed by atoms with Crippen molar-refractivity contribution in [1.82, 2.24) is 0 Å². The fourth-order valence-electron chi connectivity index (χ4n) is 7.22. The summed E-state index contributed by atoms with van der Waals surface area (Å²) in [6.45, 7) is 11.3. The number of rotatable bonds is 17. The van der Waals surface area contributed by atoms with E-state index in [2.05, 4.69) is 49.3 Å². The van der Waals surface area contributed by atoms with E-state index in [1.54, 1.807) is 19.1 Å². The number of Topliss-reactive ketones (excluding diaryl/α,β-unsaturated/α-hetero) is 1. The van der Waals surface area contributed by atoms with Gasteiger partial charge < -0.3 is 9.69 Å². The standard InChI is InChI=1S/C39H50N2O7S2/c1-6-26-40-35-24-23-31(50(46,47)48)29-33(35)39(5,25-16-10-11-18-30(2)42)37(40)22-13-9-7-8-12-21-36-38(3,4)32-19-14-15-20-34(32)41(36)27-17-28-49(43,44)45/h7-9,12-15,19-24,29H,6,10-11,16-18,25-28H2,1-5H3,(H-,43,44,45,46,47,48)/p+1. The molecule has 0 saturated carbocycles. The van der Waals surface area contributed by atoms with Gasteiger partial charge >= 0.3 is 0 Å². The maximum Gasteiger partial charge on any atom is 0.294 e. The van der Waals surface area contributed by atoms with Crippen molar-refractivity contribution in [3.05, 3.63) is 102 Å². The SMILES string of the molecule is CCCN1C(=CC=CC=CC=CC2=[N+](CCCS(=O)(=O)O)c3ccccc3C2(C)C)C(C)(CCCCCC(C)=O)c2cc(S(=O)(=O)O)ccc21. The third-order valence-corrected chi connectivity index (χ3v) is 11.4. The van der Waals surface area contributed by atoms with Crippen LogP contribution in [-0.2, 0) is 35.9 Å². The molecule has 0 radical (unpaired) electrons. The number of para-hydroxylation sites is 1. The third-order valence-electron chi connectivity index (χ3n) is 9.70. The zero-order chi connectivity index (χ0) is 36.7. The van der Waals surface area contributed by atoms with Gasteiger partial charge in [0.05, 0.1) is 16.1 Å². The first-order chi connectivity index (χ1) is 23.5. The second-order valence-corrected chi connectivity index (χ2v) is 16.9. The summed E-state index contributed by atoms with van der Waals surface area (Å²) in [5.74, 6) is -0.128. The number of allylic oxidation sites excluding steroid dienone is 8. The lowest BCUT2D eigenvalue weighted by atomic mass is 9.77. The summed E-state index contributed by atoms with van der Waals surface area (Å²) in [5.41, 5.74) is 5.26. The number of fused-ring (bicyclic) bond motifs is 2. The lowest BCUT2D eigenvalue weighted by Gasteiger charge is -2.30. The Morgan fingerprint density at radius 2 is 1.58 bits per heavy atom. The van der Waals surface area contributed by atoms with E-state index in [1.165, 1.54) is 6.07 Å². The maximum atomic E-state index is 12.1.